The normalized spacial score (nSPS) is 14.1. The van der Waals surface area contributed by atoms with Crippen molar-refractivity contribution in [2.45, 2.75) is 18.9 Å². The number of nitrogens with one attached hydrogen (secondary N) is 1. The Bertz CT molecular complexity index is 2050. The lowest BCUT2D eigenvalue weighted by molar-refractivity contribution is 0.0934. The SMILES string of the molecule is Nc1ncccc1-c1nc2ccc(-n3cccn3)nc2n1-c1ccc2c(c1)CCC2NC(=O)c1cc(C=O)c(O)cc1O. The molecule has 0 radical (unpaired) electrons. The molecule has 1 amide bonds. The molecule has 0 aliphatic heterocycles. The maximum absolute atomic E-state index is 13.1. The highest BCUT2D eigenvalue weighted by molar-refractivity contribution is 5.99. The number of aromatic hydroxyl groups is 2. The second kappa shape index (κ2) is 10.1. The highest BCUT2D eigenvalue weighted by Crippen LogP contribution is 2.36. The summed E-state index contributed by atoms with van der Waals surface area (Å²) < 4.78 is 3.62. The number of phenolic OH excluding ortho intramolecular Hbond substituents is 2. The molecule has 0 bridgehead atoms. The summed E-state index contributed by atoms with van der Waals surface area (Å²) in [6, 6.07) is 17.0. The number of pyridine rings is 2. The monoisotopic (exact) mass is 572 g/mol. The van der Waals surface area contributed by atoms with Crippen LogP contribution in [0.1, 0.15) is 44.3 Å². The van der Waals surface area contributed by atoms with Crippen molar-refractivity contribution in [1.29, 1.82) is 0 Å². The lowest BCUT2D eigenvalue weighted by Crippen LogP contribution is -2.27. The third-order valence-electron chi connectivity index (χ3n) is 7.59. The summed E-state index contributed by atoms with van der Waals surface area (Å²) in [4.78, 5) is 38.3. The number of nitrogen functional groups attached to an aromatic ring is 1. The van der Waals surface area contributed by atoms with Crippen LogP contribution in [-0.4, -0.2) is 51.7 Å². The number of hydrogen-bond acceptors (Lipinski definition) is 9. The van der Waals surface area contributed by atoms with Gasteiger partial charge in [-0.2, -0.15) is 5.10 Å². The number of amides is 1. The Morgan fingerprint density at radius 3 is 2.70 bits per heavy atom. The molecule has 0 saturated carbocycles. The summed E-state index contributed by atoms with van der Waals surface area (Å²) in [7, 11) is 0. The fourth-order valence-electron chi connectivity index (χ4n) is 5.51. The first-order valence-electron chi connectivity index (χ1n) is 13.5. The van der Waals surface area contributed by atoms with Gasteiger partial charge in [-0.05, 0) is 72.5 Å². The van der Waals surface area contributed by atoms with E-state index >= 15 is 0 Å². The average molecular weight is 573 g/mol. The average Bonchev–Trinajstić information content (AvgIpc) is 3.76. The fourth-order valence-corrected chi connectivity index (χ4v) is 5.51. The summed E-state index contributed by atoms with van der Waals surface area (Å²) >= 11 is 0. The van der Waals surface area contributed by atoms with E-state index in [1.54, 1.807) is 23.1 Å². The number of benzene rings is 2. The van der Waals surface area contributed by atoms with Gasteiger partial charge in [0.1, 0.15) is 22.8 Å². The van der Waals surface area contributed by atoms with Gasteiger partial charge in [-0.15, -0.1) is 0 Å². The van der Waals surface area contributed by atoms with E-state index in [2.05, 4.69) is 15.4 Å². The van der Waals surface area contributed by atoms with Crippen LogP contribution in [0.25, 0.3) is 34.1 Å². The van der Waals surface area contributed by atoms with Crippen LogP contribution in [0.5, 0.6) is 11.5 Å². The number of fused-ring (bicyclic) bond motifs is 2. The molecule has 4 aromatic heterocycles. The van der Waals surface area contributed by atoms with Crippen LogP contribution in [0.3, 0.4) is 0 Å². The van der Waals surface area contributed by atoms with Gasteiger partial charge in [-0.1, -0.05) is 6.07 Å². The largest absolute Gasteiger partial charge is 0.507 e. The third kappa shape index (κ3) is 4.41. The quantitative estimate of drug-likeness (QED) is 0.216. The number of rotatable bonds is 6. The molecule has 12 nitrogen and oxygen atoms in total. The molecule has 0 fully saturated rings. The van der Waals surface area contributed by atoms with Crippen molar-refractivity contribution in [2.75, 3.05) is 5.73 Å². The number of aromatic nitrogens is 6. The molecule has 6 aromatic rings. The van der Waals surface area contributed by atoms with Crippen LogP contribution in [0.15, 0.2) is 79.3 Å². The zero-order valence-corrected chi connectivity index (χ0v) is 22.5. The molecule has 212 valence electrons. The molecule has 12 heteroatoms. The Labute approximate surface area is 244 Å². The zero-order chi connectivity index (χ0) is 29.7. The minimum Gasteiger partial charge on any atom is -0.507 e. The molecule has 0 spiro atoms. The minimum absolute atomic E-state index is 0.0821. The Morgan fingerprint density at radius 1 is 1.02 bits per heavy atom. The molecule has 1 aliphatic rings. The molecule has 7 rings (SSSR count). The lowest BCUT2D eigenvalue weighted by Gasteiger charge is -2.16. The van der Waals surface area contributed by atoms with E-state index in [1.165, 1.54) is 6.07 Å². The summed E-state index contributed by atoms with van der Waals surface area (Å²) in [5, 5.41) is 27.3. The zero-order valence-electron chi connectivity index (χ0n) is 22.5. The number of phenols is 2. The molecule has 1 unspecified atom stereocenters. The second-order valence-electron chi connectivity index (χ2n) is 10.2. The van der Waals surface area contributed by atoms with Gasteiger partial charge in [-0.25, -0.2) is 19.6 Å². The Hall–Kier alpha value is -6.04. The molecular formula is C31H24N8O4. The Morgan fingerprint density at radius 2 is 1.91 bits per heavy atom. The van der Waals surface area contributed by atoms with E-state index in [-0.39, 0.29) is 17.2 Å². The maximum atomic E-state index is 13.1. The molecular weight excluding hydrogens is 548 g/mol. The summed E-state index contributed by atoms with van der Waals surface area (Å²) in [5.41, 5.74) is 10.8. The minimum atomic E-state index is -0.548. The van der Waals surface area contributed by atoms with Gasteiger partial charge in [-0.3, -0.25) is 14.2 Å². The topological polar surface area (TPSA) is 174 Å². The number of anilines is 1. The predicted molar refractivity (Wildman–Crippen MR) is 157 cm³/mol. The first-order valence-corrected chi connectivity index (χ1v) is 13.5. The van der Waals surface area contributed by atoms with Crippen LogP contribution < -0.4 is 11.1 Å². The number of aryl methyl sites for hydroxylation is 1. The highest BCUT2D eigenvalue weighted by atomic mass is 16.3. The van der Waals surface area contributed by atoms with Crippen LogP contribution in [-0.2, 0) is 6.42 Å². The van der Waals surface area contributed by atoms with Crippen LogP contribution in [0.4, 0.5) is 5.82 Å². The number of nitrogens with two attached hydrogens (primary N) is 1. The first kappa shape index (κ1) is 25.9. The van der Waals surface area contributed by atoms with E-state index in [0.717, 1.165) is 22.9 Å². The standard InChI is InChI=1S/C31H24N8O4/c32-28-21(3-1-10-33-28)29-35-24-8-9-27(38-12-2-11-34-38)37-30(24)39(29)19-5-6-20-17(13-19)4-7-23(20)36-31(43)22-14-18(16-40)25(41)15-26(22)42/h1-3,5-6,8-16,23,41-42H,4,7H2,(H2,32,33)(H,36,43). The van der Waals surface area contributed by atoms with Crippen LogP contribution >= 0.6 is 0 Å². The summed E-state index contributed by atoms with van der Waals surface area (Å²) in [5.74, 6) is 0.197. The van der Waals surface area contributed by atoms with E-state index in [4.69, 9.17) is 15.7 Å². The number of nitrogens with zero attached hydrogens (tertiary/aromatic N) is 6. The van der Waals surface area contributed by atoms with Crippen molar-refractivity contribution in [1.82, 2.24) is 34.6 Å². The van der Waals surface area contributed by atoms with E-state index in [1.807, 2.05) is 53.2 Å². The van der Waals surface area contributed by atoms with Gasteiger partial charge in [0.2, 0.25) is 0 Å². The second-order valence-corrected chi connectivity index (χ2v) is 10.2. The van der Waals surface area contributed by atoms with E-state index < -0.39 is 17.4 Å². The summed E-state index contributed by atoms with van der Waals surface area (Å²) in [6.45, 7) is 0. The van der Waals surface area contributed by atoms with Crippen molar-refractivity contribution in [3.05, 3.63) is 102 Å². The van der Waals surface area contributed by atoms with E-state index in [9.17, 15) is 19.8 Å². The van der Waals surface area contributed by atoms with Gasteiger partial charge in [0, 0.05) is 30.3 Å². The van der Waals surface area contributed by atoms with Crippen molar-refractivity contribution >= 4 is 29.2 Å². The van der Waals surface area contributed by atoms with Gasteiger partial charge in [0.05, 0.1) is 22.7 Å². The number of hydrogen-bond donors (Lipinski definition) is 4. The number of carbonyl (C=O) groups is 2. The van der Waals surface area contributed by atoms with Gasteiger partial charge in [0.15, 0.2) is 23.6 Å². The maximum Gasteiger partial charge on any atom is 0.255 e. The molecule has 1 aliphatic carbocycles. The van der Waals surface area contributed by atoms with Crippen molar-refractivity contribution in [3.8, 4) is 34.4 Å². The molecule has 5 N–H and O–H groups in total. The van der Waals surface area contributed by atoms with Gasteiger partial charge < -0.3 is 21.3 Å². The molecule has 2 aromatic carbocycles. The van der Waals surface area contributed by atoms with Gasteiger partial charge in [0.25, 0.3) is 5.91 Å². The third-order valence-corrected chi connectivity index (χ3v) is 7.59. The first-order chi connectivity index (χ1) is 20.9. The number of carbonyl (C=O) groups excluding carboxylic acids is 2. The van der Waals surface area contributed by atoms with Crippen LogP contribution in [0, 0.1) is 0 Å². The fraction of sp³-hybridized carbons (Fsp3) is 0.0968. The Balaban J connectivity index is 1.29. The van der Waals surface area contributed by atoms with Crippen molar-refractivity contribution in [3.63, 3.8) is 0 Å². The molecule has 0 saturated heterocycles. The van der Waals surface area contributed by atoms with Crippen molar-refractivity contribution < 1.29 is 19.8 Å². The molecule has 1 atom stereocenters. The van der Waals surface area contributed by atoms with Crippen LogP contribution in [0.2, 0.25) is 0 Å². The van der Waals surface area contributed by atoms with E-state index in [0.29, 0.717) is 53.3 Å². The lowest BCUT2D eigenvalue weighted by atomic mass is 10.0. The van der Waals surface area contributed by atoms with Crippen molar-refractivity contribution in [2.24, 2.45) is 0 Å². The van der Waals surface area contributed by atoms with Gasteiger partial charge >= 0.3 is 0 Å². The number of imidazole rings is 1. The molecule has 4 heterocycles. The molecule has 43 heavy (non-hydrogen) atoms. The summed E-state index contributed by atoms with van der Waals surface area (Å²) in [6.07, 6.45) is 6.89. The predicted octanol–water partition coefficient (Wildman–Crippen LogP) is 3.89. The highest BCUT2D eigenvalue weighted by Gasteiger charge is 2.27. The number of aldehydes is 1. The Kier molecular flexibility index (Phi) is 6.08. The smallest absolute Gasteiger partial charge is 0.255 e.